The molecule has 1 N–H and O–H groups in total. The van der Waals surface area contributed by atoms with E-state index in [0.29, 0.717) is 13.0 Å². The van der Waals surface area contributed by atoms with Crippen LogP contribution in [0.15, 0.2) is 28.7 Å². The van der Waals surface area contributed by atoms with Crippen molar-refractivity contribution in [3.8, 4) is 0 Å². The first-order valence-electron chi connectivity index (χ1n) is 6.79. The molecule has 0 saturated carbocycles. The summed E-state index contributed by atoms with van der Waals surface area (Å²) in [5, 5.41) is 10.5. The molecule has 2 rings (SSSR count). The van der Waals surface area contributed by atoms with Gasteiger partial charge in [0.1, 0.15) is 0 Å². The molecule has 4 heteroatoms. The maximum Gasteiger partial charge on any atom is 0.157 e. The molecule has 1 heterocycles. The van der Waals surface area contributed by atoms with E-state index in [1.165, 1.54) is 0 Å². The van der Waals surface area contributed by atoms with E-state index < -0.39 is 5.60 Å². The van der Waals surface area contributed by atoms with Gasteiger partial charge >= 0.3 is 0 Å². The largest absolute Gasteiger partial charge is 0.385 e. The third-order valence-electron chi connectivity index (χ3n) is 3.50. The molecule has 0 aliphatic carbocycles. The molecule has 2 unspecified atom stereocenters. The zero-order valence-corrected chi connectivity index (χ0v) is 12.9. The summed E-state index contributed by atoms with van der Waals surface area (Å²) in [4.78, 5) is 0. The smallest absolute Gasteiger partial charge is 0.157 e. The number of hydrogen-bond acceptors (Lipinski definition) is 3. The molecule has 19 heavy (non-hydrogen) atoms. The van der Waals surface area contributed by atoms with Gasteiger partial charge in [-0.15, -0.1) is 0 Å². The monoisotopic (exact) mass is 328 g/mol. The van der Waals surface area contributed by atoms with E-state index in [0.717, 1.165) is 35.9 Å². The summed E-state index contributed by atoms with van der Waals surface area (Å²) < 4.78 is 12.2. The number of benzene rings is 1. The second-order valence-electron chi connectivity index (χ2n) is 5.20. The van der Waals surface area contributed by atoms with Gasteiger partial charge < -0.3 is 14.6 Å². The topological polar surface area (TPSA) is 38.7 Å². The van der Waals surface area contributed by atoms with Crippen LogP contribution in [0.5, 0.6) is 0 Å². The van der Waals surface area contributed by atoms with Crippen LogP contribution >= 0.6 is 15.9 Å². The molecule has 2 atom stereocenters. The Kier molecular flexibility index (Phi) is 5.39. The Labute approximate surface area is 123 Å². The van der Waals surface area contributed by atoms with Crippen LogP contribution in [0.4, 0.5) is 0 Å². The predicted molar refractivity (Wildman–Crippen MR) is 77.9 cm³/mol. The highest BCUT2D eigenvalue weighted by Crippen LogP contribution is 2.26. The zero-order valence-electron chi connectivity index (χ0n) is 11.3. The van der Waals surface area contributed by atoms with E-state index in [9.17, 15) is 5.11 Å². The van der Waals surface area contributed by atoms with E-state index in [2.05, 4.69) is 15.9 Å². The van der Waals surface area contributed by atoms with Crippen LogP contribution < -0.4 is 0 Å². The van der Waals surface area contributed by atoms with Gasteiger partial charge in [-0.2, -0.15) is 0 Å². The van der Waals surface area contributed by atoms with Crippen LogP contribution in [0.3, 0.4) is 0 Å². The van der Waals surface area contributed by atoms with E-state index >= 15 is 0 Å². The van der Waals surface area contributed by atoms with Gasteiger partial charge in [0.2, 0.25) is 0 Å². The number of ether oxygens (including phenoxy) is 2. The first kappa shape index (κ1) is 15.0. The van der Waals surface area contributed by atoms with Crippen molar-refractivity contribution in [3.63, 3.8) is 0 Å². The molecule has 1 fully saturated rings. The van der Waals surface area contributed by atoms with E-state index in [1.807, 2.05) is 31.2 Å². The lowest BCUT2D eigenvalue weighted by molar-refractivity contribution is -0.169. The molecule has 0 aromatic heterocycles. The van der Waals surface area contributed by atoms with Crippen LogP contribution in [-0.4, -0.2) is 24.6 Å². The Hall–Kier alpha value is -0.420. The Balaban J connectivity index is 1.81. The molecule has 1 aliphatic heterocycles. The predicted octanol–water partition coefficient (Wildman–Crippen LogP) is 3.59. The average Bonchev–Trinajstić information content (AvgIpc) is 2.40. The molecule has 1 saturated heterocycles. The van der Waals surface area contributed by atoms with Crippen LogP contribution in [0.25, 0.3) is 0 Å². The molecule has 106 valence electrons. The summed E-state index contributed by atoms with van der Waals surface area (Å²) >= 11 is 3.39. The molecule has 3 nitrogen and oxygen atoms in total. The molecule has 0 spiro atoms. The van der Waals surface area contributed by atoms with E-state index in [1.54, 1.807) is 0 Å². The van der Waals surface area contributed by atoms with E-state index in [4.69, 9.17) is 9.47 Å². The van der Waals surface area contributed by atoms with Gasteiger partial charge in [0.05, 0.1) is 12.2 Å². The zero-order chi connectivity index (χ0) is 13.7. The van der Waals surface area contributed by atoms with Crippen molar-refractivity contribution in [2.24, 2.45) is 0 Å². The molecule has 1 aromatic carbocycles. The summed E-state index contributed by atoms with van der Waals surface area (Å²) in [7, 11) is 0. The fourth-order valence-electron chi connectivity index (χ4n) is 2.19. The van der Waals surface area contributed by atoms with Gasteiger partial charge in [-0.25, -0.2) is 0 Å². The Morgan fingerprint density at radius 1 is 1.37 bits per heavy atom. The van der Waals surface area contributed by atoms with Crippen molar-refractivity contribution in [2.75, 3.05) is 13.2 Å². The quantitative estimate of drug-likeness (QED) is 0.897. The van der Waals surface area contributed by atoms with E-state index in [-0.39, 0.29) is 6.29 Å². The fourth-order valence-corrected chi connectivity index (χ4v) is 2.45. The SMILES string of the molecule is CC(O)(CCOC1CCCCO1)c1ccc(Br)cc1. The summed E-state index contributed by atoms with van der Waals surface area (Å²) in [6.45, 7) is 3.11. The molecule has 0 radical (unpaired) electrons. The lowest BCUT2D eigenvalue weighted by atomic mass is 9.93. The second kappa shape index (κ2) is 6.84. The Morgan fingerprint density at radius 2 is 2.11 bits per heavy atom. The average molecular weight is 329 g/mol. The lowest BCUT2D eigenvalue weighted by Crippen LogP contribution is -2.27. The van der Waals surface area contributed by atoms with Crippen molar-refractivity contribution in [2.45, 2.75) is 44.5 Å². The first-order chi connectivity index (χ1) is 9.08. The van der Waals surface area contributed by atoms with Gasteiger partial charge in [-0.05, 0) is 43.9 Å². The van der Waals surface area contributed by atoms with Crippen molar-refractivity contribution in [1.29, 1.82) is 0 Å². The van der Waals surface area contributed by atoms with Crippen molar-refractivity contribution < 1.29 is 14.6 Å². The van der Waals surface area contributed by atoms with Crippen LogP contribution in [0.1, 0.15) is 38.2 Å². The fraction of sp³-hybridized carbons (Fsp3) is 0.600. The van der Waals surface area contributed by atoms with Gasteiger partial charge in [0.15, 0.2) is 6.29 Å². The van der Waals surface area contributed by atoms with Gasteiger partial charge in [0, 0.05) is 17.5 Å². The minimum atomic E-state index is -0.866. The van der Waals surface area contributed by atoms with Gasteiger partial charge in [0.25, 0.3) is 0 Å². The van der Waals surface area contributed by atoms with Crippen LogP contribution in [0.2, 0.25) is 0 Å². The molecular weight excluding hydrogens is 308 g/mol. The maximum atomic E-state index is 10.5. The molecule has 1 aromatic rings. The first-order valence-corrected chi connectivity index (χ1v) is 7.59. The second-order valence-corrected chi connectivity index (χ2v) is 6.11. The number of rotatable bonds is 5. The lowest BCUT2D eigenvalue weighted by Gasteiger charge is -2.27. The molecule has 0 amide bonds. The van der Waals surface area contributed by atoms with Gasteiger partial charge in [-0.3, -0.25) is 0 Å². The Bertz CT molecular complexity index is 383. The number of hydrogen-bond donors (Lipinski definition) is 1. The molecule has 1 aliphatic rings. The highest BCUT2D eigenvalue weighted by molar-refractivity contribution is 9.10. The third kappa shape index (κ3) is 4.56. The summed E-state index contributed by atoms with van der Waals surface area (Å²) in [6.07, 6.45) is 3.72. The Morgan fingerprint density at radius 3 is 2.74 bits per heavy atom. The van der Waals surface area contributed by atoms with Crippen molar-refractivity contribution in [3.05, 3.63) is 34.3 Å². The molecular formula is C15H21BrO3. The minimum absolute atomic E-state index is 0.0885. The summed E-state index contributed by atoms with van der Waals surface area (Å²) in [6, 6.07) is 7.74. The number of aliphatic hydroxyl groups is 1. The third-order valence-corrected chi connectivity index (χ3v) is 4.03. The minimum Gasteiger partial charge on any atom is -0.385 e. The summed E-state index contributed by atoms with van der Waals surface area (Å²) in [5.74, 6) is 0. The highest BCUT2D eigenvalue weighted by atomic mass is 79.9. The molecule has 0 bridgehead atoms. The highest BCUT2D eigenvalue weighted by Gasteiger charge is 2.24. The standard InChI is InChI=1S/C15H21BrO3/c1-15(17,12-5-7-13(16)8-6-12)9-11-19-14-4-2-3-10-18-14/h5-8,14,17H,2-4,9-11H2,1H3. The number of halogens is 1. The van der Waals surface area contributed by atoms with Crippen molar-refractivity contribution in [1.82, 2.24) is 0 Å². The normalized spacial score (nSPS) is 23.0. The summed E-state index contributed by atoms with van der Waals surface area (Å²) in [5.41, 5.74) is 0.0406. The van der Waals surface area contributed by atoms with Crippen LogP contribution in [-0.2, 0) is 15.1 Å². The van der Waals surface area contributed by atoms with Crippen LogP contribution in [0, 0.1) is 0 Å². The van der Waals surface area contributed by atoms with Gasteiger partial charge in [-0.1, -0.05) is 28.1 Å². The maximum absolute atomic E-state index is 10.5. The van der Waals surface area contributed by atoms with Crippen molar-refractivity contribution >= 4 is 15.9 Å².